The number of sulfonamides is 1. The number of rotatable bonds is 5. The van der Waals surface area contributed by atoms with Crippen LogP contribution in [0, 0.1) is 0 Å². The van der Waals surface area contributed by atoms with E-state index in [1.807, 2.05) is 0 Å². The van der Waals surface area contributed by atoms with Crippen LogP contribution in [0.1, 0.15) is 5.69 Å². The molecule has 2 aliphatic heterocycles. The maximum absolute atomic E-state index is 12.3. The first kappa shape index (κ1) is 14.8. The minimum atomic E-state index is -3.09. The van der Waals surface area contributed by atoms with E-state index in [1.54, 1.807) is 22.9 Å². The van der Waals surface area contributed by atoms with Crippen LogP contribution in [-0.2, 0) is 16.4 Å². The topological polar surface area (TPSA) is 78.4 Å². The smallest absolute Gasteiger partial charge is 0.219 e. The average Bonchev–Trinajstić information content (AvgIpc) is 2.44. The van der Waals surface area contributed by atoms with E-state index < -0.39 is 10.0 Å². The largest absolute Gasteiger partial charge is 0.314 e. The third-order valence-corrected chi connectivity index (χ3v) is 6.42. The molecule has 0 atom stereocenters. The predicted octanol–water partition coefficient (Wildman–Crippen LogP) is -1.06. The van der Waals surface area contributed by atoms with Gasteiger partial charge < -0.3 is 10.2 Å². The minimum Gasteiger partial charge on any atom is -0.314 e. The molecule has 0 spiro atoms. The average molecular weight is 311 g/mol. The Balaban J connectivity index is 1.47. The van der Waals surface area contributed by atoms with Crippen molar-refractivity contribution < 1.29 is 8.42 Å². The van der Waals surface area contributed by atoms with E-state index in [9.17, 15) is 8.42 Å². The molecule has 0 amide bonds. The van der Waals surface area contributed by atoms with Crippen LogP contribution >= 0.6 is 0 Å². The highest BCUT2D eigenvalue weighted by Crippen LogP contribution is 2.15. The first-order valence-corrected chi connectivity index (χ1v) is 8.83. The van der Waals surface area contributed by atoms with Crippen molar-refractivity contribution in [2.75, 3.05) is 45.8 Å². The number of hydrogen-bond donors (Lipinski definition) is 1. The van der Waals surface area contributed by atoms with Crippen molar-refractivity contribution in [3.8, 4) is 0 Å². The lowest BCUT2D eigenvalue weighted by molar-refractivity contribution is 0.188. The zero-order valence-electron chi connectivity index (χ0n) is 12.0. The normalized spacial score (nSPS) is 22.1. The first-order chi connectivity index (χ1) is 10.2. The van der Waals surface area contributed by atoms with Gasteiger partial charge in [-0.15, -0.1) is 0 Å². The Hall–Kier alpha value is -1.09. The lowest BCUT2D eigenvalue weighted by atomic mass is 10.2. The molecule has 2 aliphatic rings. The van der Waals surface area contributed by atoms with Crippen LogP contribution in [0.3, 0.4) is 0 Å². The second kappa shape index (κ2) is 6.35. The maximum Gasteiger partial charge on any atom is 0.219 e. The number of nitrogens with zero attached hydrogens (tertiary/aromatic N) is 4. The molecular weight excluding hydrogens is 290 g/mol. The molecule has 21 heavy (non-hydrogen) atoms. The molecule has 0 radical (unpaired) electrons. The Kier molecular flexibility index (Phi) is 4.48. The van der Waals surface area contributed by atoms with Crippen molar-refractivity contribution >= 4 is 10.0 Å². The molecule has 3 heterocycles. The van der Waals surface area contributed by atoms with Gasteiger partial charge in [-0.3, -0.25) is 9.97 Å². The summed E-state index contributed by atoms with van der Waals surface area (Å²) < 4.78 is 26.3. The van der Waals surface area contributed by atoms with Crippen molar-refractivity contribution in [2.24, 2.45) is 0 Å². The van der Waals surface area contributed by atoms with Crippen LogP contribution < -0.4 is 5.32 Å². The molecule has 2 saturated heterocycles. The zero-order chi connectivity index (χ0) is 14.7. The van der Waals surface area contributed by atoms with Crippen LogP contribution in [0.5, 0.6) is 0 Å². The van der Waals surface area contributed by atoms with Gasteiger partial charge in [-0.1, -0.05) is 0 Å². The molecule has 1 N–H and O–H groups in total. The monoisotopic (exact) mass is 311 g/mol. The molecular formula is C13H21N5O2S. The van der Waals surface area contributed by atoms with E-state index in [4.69, 9.17) is 0 Å². The first-order valence-electron chi connectivity index (χ1n) is 7.33. The number of aromatic nitrogens is 2. The van der Waals surface area contributed by atoms with Gasteiger partial charge in [-0.05, 0) is 0 Å². The lowest BCUT2D eigenvalue weighted by Gasteiger charge is -2.38. The zero-order valence-corrected chi connectivity index (χ0v) is 12.8. The van der Waals surface area contributed by atoms with Gasteiger partial charge in [0.15, 0.2) is 0 Å². The standard InChI is InChI=1S/C13H21N5O2S/c19-21(20,13-10-15-11-13)18-7-5-17(6-8-18)4-1-12-9-14-2-3-16-12/h2-3,9,13,15H,1,4-8,10-11H2. The third kappa shape index (κ3) is 3.39. The van der Waals surface area contributed by atoms with Gasteiger partial charge >= 0.3 is 0 Å². The molecule has 8 heteroatoms. The maximum atomic E-state index is 12.3. The Labute approximate surface area is 125 Å². The van der Waals surface area contributed by atoms with E-state index in [0.717, 1.165) is 31.7 Å². The van der Waals surface area contributed by atoms with Gasteiger partial charge in [0.2, 0.25) is 10.0 Å². The minimum absolute atomic E-state index is 0.219. The summed E-state index contributed by atoms with van der Waals surface area (Å²) in [6.07, 6.45) is 6.01. The van der Waals surface area contributed by atoms with Crippen LogP contribution in [0.2, 0.25) is 0 Å². The molecule has 0 bridgehead atoms. The van der Waals surface area contributed by atoms with Gasteiger partial charge in [0, 0.05) is 70.8 Å². The Morgan fingerprint density at radius 3 is 2.52 bits per heavy atom. The van der Waals surface area contributed by atoms with Crippen molar-refractivity contribution in [2.45, 2.75) is 11.7 Å². The lowest BCUT2D eigenvalue weighted by Crippen LogP contribution is -2.59. The third-order valence-electron chi connectivity index (χ3n) is 4.16. The van der Waals surface area contributed by atoms with Crippen LogP contribution in [0.25, 0.3) is 0 Å². The molecule has 1 aromatic rings. The highest BCUT2D eigenvalue weighted by Gasteiger charge is 2.37. The number of piperazine rings is 1. The summed E-state index contributed by atoms with van der Waals surface area (Å²) in [6.45, 7) is 4.86. The van der Waals surface area contributed by atoms with Crippen molar-refractivity contribution in [3.05, 3.63) is 24.3 Å². The van der Waals surface area contributed by atoms with Gasteiger partial charge in [-0.25, -0.2) is 8.42 Å². The summed E-state index contributed by atoms with van der Waals surface area (Å²) in [5.41, 5.74) is 0.980. The Bertz CT molecular complexity index is 553. The summed E-state index contributed by atoms with van der Waals surface area (Å²) >= 11 is 0. The van der Waals surface area contributed by atoms with Crippen molar-refractivity contribution in [3.63, 3.8) is 0 Å². The molecule has 2 fully saturated rings. The second-order valence-electron chi connectivity index (χ2n) is 5.51. The molecule has 0 saturated carbocycles. The van der Waals surface area contributed by atoms with E-state index in [1.165, 1.54) is 0 Å². The van der Waals surface area contributed by atoms with Crippen LogP contribution in [0.4, 0.5) is 0 Å². The van der Waals surface area contributed by atoms with Gasteiger partial charge in [0.1, 0.15) is 5.25 Å². The van der Waals surface area contributed by atoms with Crippen LogP contribution in [0.15, 0.2) is 18.6 Å². The molecule has 116 valence electrons. The fourth-order valence-electron chi connectivity index (χ4n) is 2.62. The Morgan fingerprint density at radius 2 is 1.95 bits per heavy atom. The summed E-state index contributed by atoms with van der Waals surface area (Å²) in [5, 5.41) is 2.81. The van der Waals surface area contributed by atoms with Gasteiger partial charge in [-0.2, -0.15) is 4.31 Å². The molecule has 1 aromatic heterocycles. The summed E-state index contributed by atoms with van der Waals surface area (Å²) in [6, 6.07) is 0. The quantitative estimate of drug-likeness (QED) is 0.747. The van der Waals surface area contributed by atoms with Crippen molar-refractivity contribution in [1.29, 1.82) is 0 Å². The van der Waals surface area contributed by atoms with E-state index >= 15 is 0 Å². The molecule has 0 aromatic carbocycles. The number of hydrogen-bond acceptors (Lipinski definition) is 6. The van der Waals surface area contributed by atoms with Crippen molar-refractivity contribution in [1.82, 2.24) is 24.5 Å². The number of nitrogens with one attached hydrogen (secondary N) is 1. The Morgan fingerprint density at radius 1 is 1.19 bits per heavy atom. The van der Waals surface area contributed by atoms with Gasteiger partial charge in [0.25, 0.3) is 0 Å². The molecule has 7 nitrogen and oxygen atoms in total. The molecule has 3 rings (SSSR count). The molecule has 0 aliphatic carbocycles. The van der Waals surface area contributed by atoms with E-state index in [2.05, 4.69) is 20.2 Å². The summed E-state index contributed by atoms with van der Waals surface area (Å²) in [5.74, 6) is 0. The van der Waals surface area contributed by atoms with E-state index in [-0.39, 0.29) is 5.25 Å². The fraction of sp³-hybridized carbons (Fsp3) is 0.692. The highest BCUT2D eigenvalue weighted by atomic mass is 32.2. The summed E-state index contributed by atoms with van der Waals surface area (Å²) in [4.78, 5) is 10.6. The van der Waals surface area contributed by atoms with Crippen LogP contribution in [-0.4, -0.2) is 78.7 Å². The highest BCUT2D eigenvalue weighted by molar-refractivity contribution is 7.89. The summed E-state index contributed by atoms with van der Waals surface area (Å²) in [7, 11) is -3.09. The SMILES string of the molecule is O=S(=O)(C1CNC1)N1CCN(CCc2cnccn2)CC1. The molecule has 0 unspecified atom stereocenters. The van der Waals surface area contributed by atoms with E-state index in [0.29, 0.717) is 26.2 Å². The predicted molar refractivity (Wildman–Crippen MR) is 79.3 cm³/mol. The second-order valence-corrected chi connectivity index (χ2v) is 7.73. The fourth-order valence-corrected chi connectivity index (χ4v) is 4.37. The van der Waals surface area contributed by atoms with Gasteiger partial charge in [0.05, 0.1) is 5.69 Å².